The molecular weight excluding hydrogens is 389 g/mol. The zero-order valence-electron chi connectivity index (χ0n) is 14.6. The smallest absolute Gasteiger partial charge is 0.322 e. The molecule has 0 spiro atoms. The van der Waals surface area contributed by atoms with Crippen LogP contribution >= 0.6 is 0 Å². The Balaban J connectivity index is 1.64. The molecular formula is C17H16FN5O4S. The van der Waals surface area contributed by atoms with E-state index in [1.54, 1.807) is 6.07 Å². The minimum atomic E-state index is -3.12. The van der Waals surface area contributed by atoms with Gasteiger partial charge in [-0.3, -0.25) is 14.0 Å². The van der Waals surface area contributed by atoms with Gasteiger partial charge in [0.1, 0.15) is 17.9 Å². The van der Waals surface area contributed by atoms with Gasteiger partial charge in [-0.05, 0) is 18.6 Å². The monoisotopic (exact) mass is 405 g/mol. The number of hydrogen-bond donors (Lipinski definition) is 1. The highest BCUT2D eigenvalue weighted by molar-refractivity contribution is 7.91. The van der Waals surface area contributed by atoms with Crippen LogP contribution in [0.5, 0.6) is 0 Å². The summed E-state index contributed by atoms with van der Waals surface area (Å²) in [6.07, 6.45) is 3.15. The maximum atomic E-state index is 13.7. The van der Waals surface area contributed by atoms with Crippen LogP contribution < -0.4 is 11.0 Å². The molecule has 1 saturated heterocycles. The zero-order valence-corrected chi connectivity index (χ0v) is 15.4. The third-order valence-electron chi connectivity index (χ3n) is 4.64. The molecule has 9 nitrogen and oxygen atoms in total. The molecule has 2 aromatic heterocycles. The Labute approximate surface area is 158 Å². The Morgan fingerprint density at radius 3 is 2.75 bits per heavy atom. The van der Waals surface area contributed by atoms with Crippen molar-refractivity contribution >= 4 is 32.5 Å². The van der Waals surface area contributed by atoms with Crippen molar-refractivity contribution in [3.05, 3.63) is 53.0 Å². The quantitative estimate of drug-likeness (QED) is 0.684. The number of rotatable bonds is 4. The van der Waals surface area contributed by atoms with Crippen molar-refractivity contribution in [2.45, 2.75) is 19.0 Å². The molecule has 28 heavy (non-hydrogen) atoms. The van der Waals surface area contributed by atoms with E-state index in [0.29, 0.717) is 17.5 Å². The van der Waals surface area contributed by atoms with Crippen molar-refractivity contribution < 1.29 is 17.6 Å². The SMILES string of the molecule is O=C(Cn1c(=O)ncc2c1cnn2[C@@H]1CCS(=O)(=O)C1)Nc1ccccc1F. The third kappa shape index (κ3) is 3.40. The van der Waals surface area contributed by atoms with Gasteiger partial charge in [0.15, 0.2) is 9.84 Å². The minimum Gasteiger partial charge on any atom is -0.322 e. The van der Waals surface area contributed by atoms with E-state index in [4.69, 9.17) is 0 Å². The van der Waals surface area contributed by atoms with Crippen LogP contribution in [0.15, 0.2) is 41.5 Å². The minimum absolute atomic E-state index is 0.00698. The van der Waals surface area contributed by atoms with Gasteiger partial charge in [0, 0.05) is 0 Å². The molecule has 0 saturated carbocycles. The predicted molar refractivity (Wildman–Crippen MR) is 99.1 cm³/mol. The topological polar surface area (TPSA) is 116 Å². The number of halogens is 1. The van der Waals surface area contributed by atoms with Crippen LogP contribution in [0.3, 0.4) is 0 Å². The van der Waals surface area contributed by atoms with Gasteiger partial charge in [-0.2, -0.15) is 10.1 Å². The molecule has 1 N–H and O–H groups in total. The summed E-state index contributed by atoms with van der Waals surface area (Å²) < 4.78 is 39.8. The van der Waals surface area contributed by atoms with Crippen LogP contribution in [-0.2, 0) is 21.2 Å². The van der Waals surface area contributed by atoms with Gasteiger partial charge in [-0.1, -0.05) is 12.1 Å². The van der Waals surface area contributed by atoms with Gasteiger partial charge in [0.2, 0.25) is 5.91 Å². The average Bonchev–Trinajstić information content (AvgIpc) is 3.22. The summed E-state index contributed by atoms with van der Waals surface area (Å²) in [5.41, 5.74) is 0.163. The second kappa shape index (κ2) is 6.82. The molecule has 11 heteroatoms. The zero-order chi connectivity index (χ0) is 19.9. The van der Waals surface area contributed by atoms with Gasteiger partial charge in [-0.15, -0.1) is 0 Å². The van der Waals surface area contributed by atoms with Gasteiger partial charge in [0.25, 0.3) is 0 Å². The number of para-hydroxylation sites is 1. The van der Waals surface area contributed by atoms with Crippen LogP contribution in [0.4, 0.5) is 10.1 Å². The van der Waals surface area contributed by atoms with E-state index in [0.717, 1.165) is 4.57 Å². The summed E-state index contributed by atoms with van der Waals surface area (Å²) in [6, 6.07) is 5.35. The lowest BCUT2D eigenvalue weighted by atomic mass is 10.2. The van der Waals surface area contributed by atoms with E-state index >= 15 is 0 Å². The molecule has 3 heterocycles. The highest BCUT2D eigenvalue weighted by Gasteiger charge is 2.31. The Kier molecular flexibility index (Phi) is 4.46. The fraction of sp³-hybridized carbons (Fsp3) is 0.294. The van der Waals surface area contributed by atoms with Crippen LogP contribution in [0.25, 0.3) is 11.0 Å². The van der Waals surface area contributed by atoms with Crippen LogP contribution in [0.2, 0.25) is 0 Å². The summed E-state index contributed by atoms with van der Waals surface area (Å²) in [5.74, 6) is -1.14. The summed E-state index contributed by atoms with van der Waals surface area (Å²) in [7, 11) is -3.12. The highest BCUT2D eigenvalue weighted by atomic mass is 32.2. The van der Waals surface area contributed by atoms with Crippen molar-refractivity contribution in [1.29, 1.82) is 0 Å². The molecule has 1 aliphatic rings. The fourth-order valence-electron chi connectivity index (χ4n) is 3.29. The van der Waals surface area contributed by atoms with Crippen LogP contribution in [0.1, 0.15) is 12.5 Å². The summed E-state index contributed by atoms with van der Waals surface area (Å²) >= 11 is 0. The molecule has 1 amide bonds. The molecule has 0 aliphatic carbocycles. The molecule has 0 unspecified atom stereocenters. The van der Waals surface area contributed by atoms with Gasteiger partial charge >= 0.3 is 5.69 Å². The van der Waals surface area contributed by atoms with E-state index in [1.165, 1.54) is 35.3 Å². The Bertz CT molecular complexity index is 1230. The molecule has 4 rings (SSSR count). The average molecular weight is 405 g/mol. The predicted octanol–water partition coefficient (Wildman–Crippen LogP) is 0.730. The van der Waals surface area contributed by atoms with E-state index in [2.05, 4.69) is 15.4 Å². The molecule has 146 valence electrons. The first-order valence-electron chi connectivity index (χ1n) is 8.52. The summed E-state index contributed by atoms with van der Waals surface area (Å²) in [4.78, 5) is 28.3. The molecule has 1 aliphatic heterocycles. The molecule has 0 radical (unpaired) electrons. The largest absolute Gasteiger partial charge is 0.348 e. The van der Waals surface area contributed by atoms with Gasteiger partial charge < -0.3 is 5.32 Å². The number of aromatic nitrogens is 4. The third-order valence-corrected chi connectivity index (χ3v) is 6.39. The number of benzene rings is 1. The van der Waals surface area contributed by atoms with E-state index in [-0.39, 0.29) is 29.8 Å². The lowest BCUT2D eigenvalue weighted by Crippen LogP contribution is -2.29. The number of amides is 1. The lowest BCUT2D eigenvalue weighted by molar-refractivity contribution is -0.116. The fourth-order valence-corrected chi connectivity index (χ4v) is 4.98. The Morgan fingerprint density at radius 2 is 2.04 bits per heavy atom. The van der Waals surface area contributed by atoms with Crippen LogP contribution in [0, 0.1) is 5.82 Å². The van der Waals surface area contributed by atoms with E-state index in [1.807, 2.05) is 0 Å². The standard InChI is InChI=1S/C17H16FN5O4S/c18-12-3-1-2-4-13(12)21-16(24)9-22-14-8-20-23(15(14)7-19-17(22)25)11-5-6-28(26,27)10-11/h1-4,7-8,11H,5-6,9-10H2,(H,21,24)/t11-/m1/s1. The van der Waals surface area contributed by atoms with Crippen molar-refractivity contribution in [2.75, 3.05) is 16.8 Å². The first-order valence-corrected chi connectivity index (χ1v) is 10.3. The first-order chi connectivity index (χ1) is 13.3. The number of carbonyl (C=O) groups excluding carboxylic acids is 1. The van der Waals surface area contributed by atoms with Crippen molar-refractivity contribution in [3.63, 3.8) is 0 Å². The number of fused-ring (bicyclic) bond motifs is 1. The molecule has 3 aromatic rings. The normalized spacial score (nSPS) is 18.4. The van der Waals surface area contributed by atoms with Crippen molar-refractivity contribution in [3.8, 4) is 0 Å². The second-order valence-electron chi connectivity index (χ2n) is 6.57. The van der Waals surface area contributed by atoms with E-state index < -0.39 is 27.3 Å². The summed E-state index contributed by atoms with van der Waals surface area (Å²) in [5, 5.41) is 6.63. The second-order valence-corrected chi connectivity index (χ2v) is 8.80. The number of hydrogen-bond acceptors (Lipinski definition) is 6. The molecule has 1 fully saturated rings. The van der Waals surface area contributed by atoms with Gasteiger partial charge in [-0.25, -0.2) is 17.6 Å². The first kappa shape index (κ1) is 18.3. The molecule has 1 atom stereocenters. The van der Waals surface area contributed by atoms with Gasteiger partial charge in [0.05, 0.1) is 41.1 Å². The highest BCUT2D eigenvalue weighted by Crippen LogP contribution is 2.26. The maximum Gasteiger partial charge on any atom is 0.348 e. The van der Waals surface area contributed by atoms with Crippen molar-refractivity contribution in [2.24, 2.45) is 0 Å². The number of anilines is 1. The number of nitrogens with zero attached hydrogens (tertiary/aromatic N) is 4. The number of carbonyl (C=O) groups is 1. The summed E-state index contributed by atoms with van der Waals surface area (Å²) in [6.45, 7) is -0.383. The number of sulfone groups is 1. The lowest BCUT2D eigenvalue weighted by Gasteiger charge is -2.11. The van der Waals surface area contributed by atoms with Crippen LogP contribution in [-0.4, -0.2) is 45.2 Å². The molecule has 0 bridgehead atoms. The molecule has 1 aromatic carbocycles. The number of nitrogens with one attached hydrogen (secondary N) is 1. The maximum absolute atomic E-state index is 13.7. The van der Waals surface area contributed by atoms with E-state index in [9.17, 15) is 22.4 Å². The van der Waals surface area contributed by atoms with Crippen molar-refractivity contribution in [1.82, 2.24) is 19.3 Å². The Hall–Kier alpha value is -3.08. The Morgan fingerprint density at radius 1 is 1.25 bits per heavy atom.